The first-order valence-corrected chi connectivity index (χ1v) is 6.81. The minimum absolute atomic E-state index is 0.108. The van der Waals surface area contributed by atoms with Crippen molar-refractivity contribution in [3.63, 3.8) is 0 Å². The maximum absolute atomic E-state index is 5.79. The monoisotopic (exact) mass is 305 g/mol. The first-order valence-electron chi connectivity index (χ1n) is 6.81. The second-order valence-electron chi connectivity index (χ2n) is 4.67. The van der Waals surface area contributed by atoms with Crippen molar-refractivity contribution >= 4 is 5.95 Å². The van der Waals surface area contributed by atoms with E-state index < -0.39 is 0 Å². The summed E-state index contributed by atoms with van der Waals surface area (Å²) in [4.78, 5) is 21.2. The van der Waals surface area contributed by atoms with Gasteiger partial charge in [0.25, 0.3) is 0 Å². The van der Waals surface area contributed by atoms with Crippen molar-refractivity contribution in [2.45, 2.75) is 0 Å². The number of hydrogen-bond acceptors (Lipinski definition) is 7. The Morgan fingerprint density at radius 3 is 2.65 bits per heavy atom. The Morgan fingerprint density at radius 2 is 1.87 bits per heavy atom. The molecule has 0 aliphatic heterocycles. The Kier molecular flexibility index (Phi) is 3.05. The molecule has 0 bridgehead atoms. The highest BCUT2D eigenvalue weighted by Crippen LogP contribution is 2.20. The van der Waals surface area contributed by atoms with Crippen molar-refractivity contribution in [2.75, 3.05) is 5.73 Å². The van der Waals surface area contributed by atoms with Gasteiger partial charge in [-0.15, -0.1) is 0 Å². The van der Waals surface area contributed by atoms with Gasteiger partial charge in [0.1, 0.15) is 17.8 Å². The molecule has 2 N–H and O–H groups in total. The summed E-state index contributed by atoms with van der Waals surface area (Å²) >= 11 is 0. The van der Waals surface area contributed by atoms with Crippen molar-refractivity contribution in [1.82, 2.24) is 29.5 Å². The average Bonchev–Trinajstić information content (AvgIpc) is 3.28. The molecule has 4 heterocycles. The molecule has 4 rings (SSSR count). The van der Waals surface area contributed by atoms with Crippen LogP contribution < -0.4 is 5.73 Å². The van der Waals surface area contributed by atoms with Crippen LogP contribution in [0.5, 0.6) is 0 Å². The number of nitrogens with two attached hydrogens (primary N) is 1. The van der Waals surface area contributed by atoms with Gasteiger partial charge < -0.3 is 10.2 Å². The van der Waals surface area contributed by atoms with Gasteiger partial charge in [-0.25, -0.2) is 15.0 Å². The van der Waals surface area contributed by atoms with E-state index in [2.05, 4.69) is 24.9 Å². The molecule has 0 atom stereocenters. The van der Waals surface area contributed by atoms with Crippen LogP contribution in [-0.4, -0.2) is 29.5 Å². The number of hydrogen-bond donors (Lipinski definition) is 1. The highest BCUT2D eigenvalue weighted by atomic mass is 16.3. The molecule has 8 heteroatoms. The quantitative estimate of drug-likeness (QED) is 0.616. The predicted molar refractivity (Wildman–Crippen MR) is 82.3 cm³/mol. The molecule has 0 saturated carbocycles. The number of nitrogen functional groups attached to an aromatic ring is 1. The second kappa shape index (κ2) is 5.34. The number of nitrogens with zero attached hydrogens (tertiary/aromatic N) is 6. The molecule has 8 nitrogen and oxygen atoms in total. The number of pyridine rings is 1. The number of rotatable bonds is 3. The summed E-state index contributed by atoms with van der Waals surface area (Å²) in [7, 11) is 0. The fourth-order valence-corrected chi connectivity index (χ4v) is 2.11. The van der Waals surface area contributed by atoms with Crippen molar-refractivity contribution in [2.24, 2.45) is 0 Å². The topological polar surface area (TPSA) is 109 Å². The van der Waals surface area contributed by atoms with Crippen LogP contribution in [0.25, 0.3) is 28.9 Å². The highest BCUT2D eigenvalue weighted by Gasteiger charge is 2.12. The highest BCUT2D eigenvalue weighted by molar-refractivity contribution is 5.57. The molecule has 0 amide bonds. The zero-order valence-electron chi connectivity index (χ0n) is 11.9. The van der Waals surface area contributed by atoms with Gasteiger partial charge in [-0.1, -0.05) is 6.07 Å². The molecular formula is C15H11N7O. The van der Waals surface area contributed by atoms with Gasteiger partial charge in [0.2, 0.25) is 11.8 Å². The SMILES string of the molecule is Nc1nc(-c2cccc(-n3ccnc3)n2)nc(-c2ccco2)n1. The van der Waals surface area contributed by atoms with Gasteiger partial charge in [0.05, 0.1) is 6.26 Å². The molecule has 0 fully saturated rings. The lowest BCUT2D eigenvalue weighted by molar-refractivity contribution is 0.577. The summed E-state index contributed by atoms with van der Waals surface area (Å²) in [5.41, 5.74) is 6.37. The van der Waals surface area contributed by atoms with Crippen LogP contribution in [-0.2, 0) is 0 Å². The minimum Gasteiger partial charge on any atom is -0.461 e. The van der Waals surface area contributed by atoms with E-state index in [4.69, 9.17) is 10.2 Å². The van der Waals surface area contributed by atoms with Crippen LogP contribution in [0.4, 0.5) is 5.95 Å². The van der Waals surface area contributed by atoms with Crippen LogP contribution in [0.2, 0.25) is 0 Å². The fraction of sp³-hybridized carbons (Fsp3) is 0. The zero-order chi connectivity index (χ0) is 15.6. The van der Waals surface area contributed by atoms with Crippen molar-refractivity contribution in [3.8, 4) is 28.9 Å². The van der Waals surface area contributed by atoms with E-state index in [1.54, 1.807) is 41.6 Å². The molecule has 0 unspecified atom stereocenters. The van der Waals surface area contributed by atoms with Crippen LogP contribution in [0.15, 0.2) is 59.7 Å². The first kappa shape index (κ1) is 13.1. The third-order valence-corrected chi connectivity index (χ3v) is 3.13. The number of aromatic nitrogens is 6. The van der Waals surface area contributed by atoms with Crippen LogP contribution in [0, 0.1) is 0 Å². The van der Waals surface area contributed by atoms with E-state index in [1.807, 2.05) is 18.3 Å². The van der Waals surface area contributed by atoms with E-state index in [1.165, 1.54) is 0 Å². The second-order valence-corrected chi connectivity index (χ2v) is 4.67. The Balaban J connectivity index is 1.80. The zero-order valence-corrected chi connectivity index (χ0v) is 11.9. The molecule has 23 heavy (non-hydrogen) atoms. The number of anilines is 1. The lowest BCUT2D eigenvalue weighted by atomic mass is 10.3. The largest absolute Gasteiger partial charge is 0.461 e. The first-order chi connectivity index (χ1) is 11.3. The molecular weight excluding hydrogens is 294 g/mol. The van der Waals surface area contributed by atoms with E-state index in [-0.39, 0.29) is 5.95 Å². The van der Waals surface area contributed by atoms with Crippen LogP contribution in [0.1, 0.15) is 0 Å². The van der Waals surface area contributed by atoms with Gasteiger partial charge >= 0.3 is 0 Å². The molecule has 0 spiro atoms. The molecule has 0 aliphatic rings. The molecule has 0 aromatic carbocycles. The Hall–Kier alpha value is -3.55. The number of furan rings is 1. The van der Waals surface area contributed by atoms with Gasteiger partial charge in [-0.2, -0.15) is 9.97 Å². The lowest BCUT2D eigenvalue weighted by Gasteiger charge is -2.05. The fourth-order valence-electron chi connectivity index (χ4n) is 2.11. The average molecular weight is 305 g/mol. The van der Waals surface area contributed by atoms with Crippen LogP contribution in [0.3, 0.4) is 0 Å². The van der Waals surface area contributed by atoms with Crippen molar-refractivity contribution in [3.05, 3.63) is 55.3 Å². The predicted octanol–water partition coefficient (Wildman–Crippen LogP) is 1.96. The van der Waals surface area contributed by atoms with Crippen LogP contribution >= 0.6 is 0 Å². The summed E-state index contributed by atoms with van der Waals surface area (Å²) < 4.78 is 7.10. The van der Waals surface area contributed by atoms with Gasteiger partial charge in [-0.3, -0.25) is 4.57 Å². The maximum atomic E-state index is 5.79. The molecule has 0 radical (unpaired) electrons. The van der Waals surface area contributed by atoms with E-state index in [0.717, 1.165) is 0 Å². The van der Waals surface area contributed by atoms with Gasteiger partial charge in [-0.05, 0) is 24.3 Å². The summed E-state index contributed by atoms with van der Waals surface area (Å²) in [5, 5.41) is 0. The van der Waals surface area contributed by atoms with E-state index >= 15 is 0 Å². The standard InChI is InChI=1S/C15H11N7O/c16-15-20-13(19-14(21-15)11-4-2-8-23-11)10-3-1-5-12(18-10)22-7-6-17-9-22/h1-9H,(H2,16,19,20,21). The maximum Gasteiger partial charge on any atom is 0.224 e. The van der Waals surface area contributed by atoms with E-state index in [9.17, 15) is 0 Å². The third kappa shape index (κ3) is 2.53. The summed E-state index contributed by atoms with van der Waals surface area (Å²) in [6.45, 7) is 0. The smallest absolute Gasteiger partial charge is 0.224 e. The summed E-state index contributed by atoms with van der Waals surface area (Å²) in [6, 6.07) is 9.05. The van der Waals surface area contributed by atoms with Gasteiger partial charge in [0.15, 0.2) is 11.6 Å². The minimum atomic E-state index is 0.108. The Bertz CT molecular complexity index is 932. The lowest BCUT2D eigenvalue weighted by Crippen LogP contribution is -2.04. The molecule has 0 saturated heterocycles. The molecule has 4 aromatic rings. The number of imidazole rings is 1. The Labute approximate surface area is 130 Å². The normalized spacial score (nSPS) is 10.8. The van der Waals surface area contributed by atoms with Gasteiger partial charge in [0, 0.05) is 12.4 Å². The van der Waals surface area contributed by atoms with E-state index in [0.29, 0.717) is 28.9 Å². The molecule has 0 aliphatic carbocycles. The Morgan fingerprint density at radius 1 is 0.957 bits per heavy atom. The van der Waals surface area contributed by atoms with Crippen molar-refractivity contribution < 1.29 is 4.42 Å². The molecule has 4 aromatic heterocycles. The molecule has 112 valence electrons. The summed E-state index contributed by atoms with van der Waals surface area (Å²) in [6.07, 6.45) is 6.71. The summed E-state index contributed by atoms with van der Waals surface area (Å²) in [5.74, 6) is 2.08. The van der Waals surface area contributed by atoms with Crippen molar-refractivity contribution in [1.29, 1.82) is 0 Å². The third-order valence-electron chi connectivity index (χ3n) is 3.13.